The molecule has 0 heterocycles. The van der Waals surface area contributed by atoms with Crippen molar-refractivity contribution in [2.75, 3.05) is 10.6 Å². The van der Waals surface area contributed by atoms with Crippen molar-refractivity contribution in [3.63, 3.8) is 0 Å². The Morgan fingerprint density at radius 1 is 0.543 bits per heavy atom. The summed E-state index contributed by atoms with van der Waals surface area (Å²) in [5, 5.41) is 14.9. The molecule has 4 aromatic rings. The van der Waals surface area contributed by atoms with E-state index < -0.39 is 23.4 Å². The van der Waals surface area contributed by atoms with E-state index in [-0.39, 0.29) is 44.9 Å². The van der Waals surface area contributed by atoms with Crippen molar-refractivity contribution < 1.29 is 24.3 Å². The normalized spacial score (nSPS) is 11.9. The third kappa shape index (κ3) is 3.95. The minimum atomic E-state index is -0.492. The molecule has 0 aromatic heterocycles. The highest BCUT2D eigenvalue weighted by molar-refractivity contribution is 6.32. The molecular formula is C28H18N2O5. The first kappa shape index (κ1) is 21.8. The summed E-state index contributed by atoms with van der Waals surface area (Å²) in [6, 6.07) is 23.5. The highest BCUT2D eigenvalue weighted by Gasteiger charge is 2.34. The monoisotopic (exact) mass is 462 g/mol. The Morgan fingerprint density at radius 3 is 1.49 bits per heavy atom. The van der Waals surface area contributed by atoms with Gasteiger partial charge in [0.2, 0.25) is 0 Å². The van der Waals surface area contributed by atoms with E-state index in [4.69, 9.17) is 0 Å². The Kier molecular flexibility index (Phi) is 5.43. The number of rotatable bonds is 4. The van der Waals surface area contributed by atoms with Crippen molar-refractivity contribution in [2.45, 2.75) is 0 Å². The number of anilines is 2. The first-order chi connectivity index (χ1) is 16.9. The molecule has 0 saturated carbocycles. The van der Waals surface area contributed by atoms with Crippen LogP contribution < -0.4 is 10.6 Å². The van der Waals surface area contributed by atoms with Gasteiger partial charge in [-0.2, -0.15) is 0 Å². The summed E-state index contributed by atoms with van der Waals surface area (Å²) < 4.78 is 0. The van der Waals surface area contributed by atoms with Crippen LogP contribution in [0.15, 0.2) is 91.0 Å². The van der Waals surface area contributed by atoms with Crippen LogP contribution in [0.3, 0.4) is 0 Å². The van der Waals surface area contributed by atoms with Gasteiger partial charge < -0.3 is 15.7 Å². The Balaban J connectivity index is 1.51. The number of phenolic OH excluding ortho intramolecular Hbond substituents is 1. The highest BCUT2D eigenvalue weighted by Crippen LogP contribution is 2.35. The van der Waals surface area contributed by atoms with Crippen molar-refractivity contribution in [3.8, 4) is 5.75 Å². The van der Waals surface area contributed by atoms with Crippen LogP contribution in [0.5, 0.6) is 5.75 Å². The summed E-state index contributed by atoms with van der Waals surface area (Å²) in [6.07, 6.45) is 0. The molecule has 0 atom stereocenters. The standard InChI is InChI=1S/C28H18N2O5/c31-18-14-12-17(13-15-18)28(35)30-22-11-5-9-20-24(22)26(33)19-8-4-10-21(23(19)25(20)32)29-27(34)16-6-2-1-3-7-16/h1-15,31H,(H,29,34)(H,30,35). The van der Waals surface area contributed by atoms with Crippen LogP contribution in [-0.2, 0) is 0 Å². The van der Waals surface area contributed by atoms with Crippen molar-refractivity contribution in [2.24, 2.45) is 0 Å². The molecule has 35 heavy (non-hydrogen) atoms. The van der Waals surface area contributed by atoms with Crippen LogP contribution >= 0.6 is 0 Å². The second kappa shape index (κ2) is 8.72. The maximum absolute atomic E-state index is 13.5. The first-order valence-corrected chi connectivity index (χ1v) is 10.8. The van der Waals surface area contributed by atoms with Crippen molar-refractivity contribution in [1.29, 1.82) is 0 Å². The van der Waals surface area contributed by atoms with E-state index in [1.807, 2.05) is 0 Å². The summed E-state index contributed by atoms with van der Waals surface area (Å²) >= 11 is 0. The Morgan fingerprint density at radius 2 is 1.00 bits per heavy atom. The molecule has 5 rings (SSSR count). The number of amides is 2. The number of carbonyl (C=O) groups is 4. The van der Waals surface area contributed by atoms with Crippen molar-refractivity contribution in [1.82, 2.24) is 0 Å². The number of nitrogens with one attached hydrogen (secondary N) is 2. The zero-order valence-corrected chi connectivity index (χ0v) is 18.2. The molecular weight excluding hydrogens is 444 g/mol. The number of aromatic hydroxyl groups is 1. The van der Waals surface area contributed by atoms with Crippen LogP contribution in [0.2, 0.25) is 0 Å². The highest BCUT2D eigenvalue weighted by atomic mass is 16.3. The second-order valence-electron chi connectivity index (χ2n) is 7.94. The van der Waals surface area contributed by atoms with Crippen LogP contribution in [-0.4, -0.2) is 28.5 Å². The lowest BCUT2D eigenvalue weighted by Crippen LogP contribution is -2.26. The molecule has 7 nitrogen and oxygen atoms in total. The number of phenols is 1. The van der Waals surface area contributed by atoms with Gasteiger partial charge in [-0.3, -0.25) is 19.2 Å². The molecule has 1 aliphatic carbocycles. The van der Waals surface area contributed by atoms with E-state index in [1.165, 1.54) is 36.4 Å². The quantitative estimate of drug-likeness (QED) is 0.359. The largest absolute Gasteiger partial charge is 0.508 e. The van der Waals surface area contributed by atoms with Crippen LogP contribution in [0.1, 0.15) is 52.6 Å². The first-order valence-electron chi connectivity index (χ1n) is 10.8. The molecule has 7 heteroatoms. The number of benzene rings is 4. The summed E-state index contributed by atoms with van der Waals surface area (Å²) in [4.78, 5) is 52.4. The van der Waals surface area contributed by atoms with Crippen LogP contribution in [0, 0.1) is 0 Å². The van der Waals surface area contributed by atoms with E-state index in [1.54, 1.807) is 54.6 Å². The summed E-state index contributed by atoms with van der Waals surface area (Å²) in [5.41, 5.74) is 1.59. The van der Waals surface area contributed by atoms with Crippen LogP contribution in [0.4, 0.5) is 11.4 Å². The van der Waals surface area contributed by atoms with E-state index in [2.05, 4.69) is 10.6 Å². The molecule has 0 aliphatic heterocycles. The number of ketones is 2. The number of carbonyl (C=O) groups excluding carboxylic acids is 4. The number of hydrogen-bond acceptors (Lipinski definition) is 5. The van der Waals surface area contributed by atoms with Gasteiger partial charge in [0.25, 0.3) is 11.8 Å². The summed E-state index contributed by atoms with van der Waals surface area (Å²) in [6.45, 7) is 0. The van der Waals surface area contributed by atoms with Gasteiger partial charge >= 0.3 is 0 Å². The molecule has 3 N–H and O–H groups in total. The molecule has 0 radical (unpaired) electrons. The lowest BCUT2D eigenvalue weighted by molar-refractivity contribution is 0.0977. The Hall–Kier alpha value is -5.04. The fourth-order valence-electron chi connectivity index (χ4n) is 4.04. The minimum absolute atomic E-state index is 0.0196. The Labute approximate surface area is 200 Å². The van der Waals surface area contributed by atoms with E-state index >= 15 is 0 Å². The van der Waals surface area contributed by atoms with Crippen molar-refractivity contribution in [3.05, 3.63) is 124 Å². The summed E-state index contributed by atoms with van der Waals surface area (Å²) in [7, 11) is 0. The average molecular weight is 462 g/mol. The molecule has 0 spiro atoms. The minimum Gasteiger partial charge on any atom is -0.508 e. The zero-order valence-electron chi connectivity index (χ0n) is 18.2. The maximum Gasteiger partial charge on any atom is 0.255 e. The molecule has 1 aliphatic rings. The number of hydrogen-bond donors (Lipinski definition) is 3. The van der Waals surface area contributed by atoms with Gasteiger partial charge in [0, 0.05) is 22.3 Å². The van der Waals surface area contributed by atoms with Crippen molar-refractivity contribution >= 4 is 34.8 Å². The van der Waals surface area contributed by atoms with Gasteiger partial charge in [-0.05, 0) is 48.5 Å². The smallest absolute Gasteiger partial charge is 0.255 e. The van der Waals surface area contributed by atoms with Gasteiger partial charge in [0.05, 0.1) is 22.5 Å². The van der Waals surface area contributed by atoms with Crippen LogP contribution in [0.25, 0.3) is 0 Å². The molecule has 4 aromatic carbocycles. The maximum atomic E-state index is 13.5. The molecule has 0 unspecified atom stereocenters. The zero-order chi connectivity index (χ0) is 24.5. The third-order valence-corrected chi connectivity index (χ3v) is 5.73. The van der Waals surface area contributed by atoms with Gasteiger partial charge in [-0.15, -0.1) is 0 Å². The molecule has 0 bridgehead atoms. The topological polar surface area (TPSA) is 113 Å². The SMILES string of the molecule is O=C(Nc1cccc2c1C(=O)c1cccc(NC(=O)c3ccc(O)cc3)c1C2=O)c1ccccc1. The van der Waals surface area contributed by atoms with Gasteiger partial charge in [-0.1, -0.05) is 42.5 Å². The molecule has 0 saturated heterocycles. The fourth-order valence-corrected chi connectivity index (χ4v) is 4.04. The van der Waals surface area contributed by atoms with Gasteiger partial charge in [0.1, 0.15) is 5.75 Å². The van der Waals surface area contributed by atoms with E-state index in [0.717, 1.165) is 0 Å². The van der Waals surface area contributed by atoms with Gasteiger partial charge in [0.15, 0.2) is 11.6 Å². The second-order valence-corrected chi connectivity index (χ2v) is 7.94. The predicted molar refractivity (Wildman–Crippen MR) is 130 cm³/mol. The summed E-state index contributed by atoms with van der Waals surface area (Å²) in [5.74, 6) is -1.74. The lowest BCUT2D eigenvalue weighted by atomic mass is 9.82. The predicted octanol–water partition coefficient (Wildman–Crippen LogP) is 4.67. The average Bonchev–Trinajstić information content (AvgIpc) is 2.88. The van der Waals surface area contributed by atoms with Gasteiger partial charge in [-0.25, -0.2) is 0 Å². The van der Waals surface area contributed by atoms with E-state index in [0.29, 0.717) is 5.56 Å². The fraction of sp³-hybridized carbons (Fsp3) is 0. The molecule has 2 amide bonds. The third-order valence-electron chi connectivity index (χ3n) is 5.73. The molecule has 170 valence electrons. The lowest BCUT2D eigenvalue weighted by Gasteiger charge is -2.22. The van der Waals surface area contributed by atoms with E-state index in [9.17, 15) is 24.3 Å². The number of fused-ring (bicyclic) bond motifs is 2. The Bertz CT molecular complexity index is 1510. The molecule has 0 fully saturated rings.